The molecule has 35 heavy (non-hydrogen) atoms. The number of benzene rings is 1. The van der Waals surface area contributed by atoms with Crippen molar-refractivity contribution in [1.29, 1.82) is 0 Å². The quantitative estimate of drug-likeness (QED) is 0.275. The molecule has 2 N–H and O–H groups in total. The Kier molecular flexibility index (Phi) is 7.38. The minimum absolute atomic E-state index is 0.0173. The summed E-state index contributed by atoms with van der Waals surface area (Å²) in [5.41, 5.74) is 3.98. The number of hydrogen-bond acceptors (Lipinski definition) is 5. The van der Waals surface area contributed by atoms with Gasteiger partial charge < -0.3 is 20.4 Å². The summed E-state index contributed by atoms with van der Waals surface area (Å²) in [7, 11) is 0. The van der Waals surface area contributed by atoms with Crippen molar-refractivity contribution in [3.8, 4) is 0 Å². The van der Waals surface area contributed by atoms with Crippen LogP contribution in [-0.4, -0.2) is 52.6 Å². The third kappa shape index (κ3) is 5.38. The molecule has 0 saturated carbocycles. The van der Waals surface area contributed by atoms with Gasteiger partial charge >= 0.3 is 0 Å². The predicted molar refractivity (Wildman–Crippen MR) is 137 cm³/mol. The van der Waals surface area contributed by atoms with Crippen LogP contribution in [0.4, 0.5) is 0 Å². The number of rotatable bonds is 6. The number of imidazole rings is 1. The van der Waals surface area contributed by atoms with Gasteiger partial charge in [0.1, 0.15) is 6.04 Å². The van der Waals surface area contributed by atoms with E-state index in [4.69, 9.17) is 11.6 Å². The second-order valence-corrected chi connectivity index (χ2v) is 10.4. The molecule has 2 aliphatic rings. The first kappa shape index (κ1) is 24.2. The van der Waals surface area contributed by atoms with Crippen LogP contribution in [0.15, 0.2) is 53.7 Å². The van der Waals surface area contributed by atoms with Crippen molar-refractivity contribution in [2.75, 3.05) is 26.2 Å². The van der Waals surface area contributed by atoms with Crippen molar-refractivity contribution < 1.29 is 9.52 Å². The van der Waals surface area contributed by atoms with Gasteiger partial charge in [-0.2, -0.15) is 4.73 Å². The predicted octanol–water partition coefficient (Wildman–Crippen LogP) is 2.60. The van der Waals surface area contributed by atoms with Crippen LogP contribution in [0.1, 0.15) is 34.8 Å². The van der Waals surface area contributed by atoms with Crippen LogP contribution in [0.2, 0.25) is 5.02 Å². The monoisotopic (exact) mass is 558 g/mol. The van der Waals surface area contributed by atoms with Gasteiger partial charge in [0.25, 0.3) is 0 Å². The molecule has 10 heteroatoms. The fourth-order valence-corrected chi connectivity index (χ4v) is 5.80. The standard InChI is InChI=1S/C25H28BrClN6O2/c26-19-12-18-3-2-17-13-20(27)4-5-21(17)24(23(18)33(35)14-19)32-11-8-29-22(15-32)25(34)30-6-1-9-31-10-7-28-16-31/h4-5,7,10,12-14,16,22,24,29H,1-3,6,8-9,11,15H2,(H,30,34)/t22?,24-/m1/s1. The van der Waals surface area contributed by atoms with E-state index < -0.39 is 0 Å². The topological polar surface area (TPSA) is 89.1 Å². The Hall–Kier alpha value is -2.46. The lowest BCUT2D eigenvalue weighted by molar-refractivity contribution is -0.617. The SMILES string of the molecule is O=C(NCCCn1ccnc1)C1CN([C@@H]2c3ccc(Cl)cc3CCc3cc(Br)c[n+]([O-])c32)CCN1. The fraction of sp³-hybridized carbons (Fsp3) is 0.400. The molecule has 0 bridgehead atoms. The molecule has 2 atom stereocenters. The number of pyridine rings is 1. The first-order valence-corrected chi connectivity index (χ1v) is 13.1. The number of piperazine rings is 1. The van der Waals surface area contributed by atoms with Gasteiger partial charge in [-0.1, -0.05) is 17.7 Å². The van der Waals surface area contributed by atoms with E-state index in [0.29, 0.717) is 24.7 Å². The van der Waals surface area contributed by atoms with Crippen LogP contribution in [0.3, 0.4) is 0 Å². The number of carbonyl (C=O) groups excluding carboxylic acids is 1. The van der Waals surface area contributed by atoms with Crippen LogP contribution in [0.25, 0.3) is 0 Å². The second kappa shape index (κ2) is 10.7. The summed E-state index contributed by atoms with van der Waals surface area (Å²) in [6.45, 7) is 3.30. The van der Waals surface area contributed by atoms with Gasteiger partial charge in [0.15, 0.2) is 6.20 Å². The Morgan fingerprint density at radius 1 is 1.31 bits per heavy atom. The van der Waals surface area contributed by atoms with Gasteiger partial charge in [0.2, 0.25) is 11.6 Å². The van der Waals surface area contributed by atoms with E-state index in [2.05, 4.69) is 36.4 Å². The molecule has 2 aromatic heterocycles. The summed E-state index contributed by atoms with van der Waals surface area (Å²) in [6.07, 6.45) is 9.41. The van der Waals surface area contributed by atoms with Crippen LogP contribution < -0.4 is 15.4 Å². The highest BCUT2D eigenvalue weighted by atomic mass is 79.9. The van der Waals surface area contributed by atoms with Gasteiger partial charge in [-0.3, -0.25) is 9.69 Å². The molecule has 1 aliphatic heterocycles. The molecule has 3 heterocycles. The van der Waals surface area contributed by atoms with Crippen molar-refractivity contribution in [2.45, 2.75) is 37.9 Å². The van der Waals surface area contributed by atoms with Crippen molar-refractivity contribution in [3.05, 3.63) is 86.3 Å². The maximum Gasteiger partial charge on any atom is 0.238 e. The van der Waals surface area contributed by atoms with E-state index in [1.807, 2.05) is 35.0 Å². The molecular weight excluding hydrogens is 532 g/mol. The maximum atomic E-state index is 13.2. The molecule has 5 rings (SSSR count). The maximum absolute atomic E-state index is 13.2. The number of halogens is 2. The summed E-state index contributed by atoms with van der Waals surface area (Å²) in [5.74, 6) is -0.0173. The smallest absolute Gasteiger partial charge is 0.238 e. The highest BCUT2D eigenvalue weighted by molar-refractivity contribution is 9.10. The number of amides is 1. The molecule has 3 aromatic rings. The summed E-state index contributed by atoms with van der Waals surface area (Å²) in [5, 5.41) is 20.3. The highest BCUT2D eigenvalue weighted by Gasteiger charge is 2.38. The second-order valence-electron chi connectivity index (χ2n) is 9.09. The van der Waals surface area contributed by atoms with Gasteiger partial charge in [-0.25, -0.2) is 4.98 Å². The molecule has 8 nitrogen and oxygen atoms in total. The number of nitrogens with zero attached hydrogens (tertiary/aromatic N) is 4. The molecule has 1 amide bonds. The average molecular weight is 560 g/mol. The van der Waals surface area contributed by atoms with Crippen molar-refractivity contribution in [1.82, 2.24) is 25.1 Å². The number of fused-ring (bicyclic) bond motifs is 2. The molecule has 1 aliphatic carbocycles. The number of carbonyl (C=O) groups is 1. The van der Waals surface area contributed by atoms with E-state index >= 15 is 0 Å². The molecule has 1 aromatic carbocycles. The Morgan fingerprint density at radius 3 is 3.00 bits per heavy atom. The first-order valence-electron chi connectivity index (χ1n) is 11.9. The average Bonchev–Trinajstić information content (AvgIpc) is 3.31. The summed E-state index contributed by atoms with van der Waals surface area (Å²) >= 11 is 9.81. The summed E-state index contributed by atoms with van der Waals surface area (Å²) < 4.78 is 3.75. The highest BCUT2D eigenvalue weighted by Crippen LogP contribution is 2.37. The first-order chi connectivity index (χ1) is 17.0. The normalized spacial score (nSPS) is 20.1. The van der Waals surface area contributed by atoms with Crippen LogP contribution >= 0.6 is 27.5 Å². The van der Waals surface area contributed by atoms with E-state index in [-0.39, 0.29) is 18.0 Å². The minimum Gasteiger partial charge on any atom is -0.618 e. The Balaban J connectivity index is 1.36. The fourth-order valence-electron chi connectivity index (χ4n) is 5.14. The largest absolute Gasteiger partial charge is 0.618 e. The van der Waals surface area contributed by atoms with Crippen molar-refractivity contribution in [3.63, 3.8) is 0 Å². The zero-order valence-corrected chi connectivity index (χ0v) is 21.6. The van der Waals surface area contributed by atoms with Gasteiger partial charge in [-0.15, -0.1) is 0 Å². The number of aryl methyl sites for hydroxylation is 3. The van der Waals surface area contributed by atoms with E-state index in [1.54, 1.807) is 18.7 Å². The lowest BCUT2D eigenvalue weighted by Crippen LogP contribution is -2.58. The van der Waals surface area contributed by atoms with Crippen LogP contribution in [-0.2, 0) is 24.2 Å². The Morgan fingerprint density at radius 2 is 2.17 bits per heavy atom. The summed E-state index contributed by atoms with van der Waals surface area (Å²) in [4.78, 5) is 19.3. The molecule has 184 valence electrons. The van der Waals surface area contributed by atoms with Crippen molar-refractivity contribution >= 4 is 33.4 Å². The molecule has 0 radical (unpaired) electrons. The Labute approximate surface area is 218 Å². The Bertz CT molecular complexity index is 1200. The lowest BCUT2D eigenvalue weighted by atomic mass is 9.95. The van der Waals surface area contributed by atoms with E-state index in [9.17, 15) is 10.0 Å². The van der Waals surface area contributed by atoms with Gasteiger partial charge in [0, 0.05) is 55.7 Å². The molecule has 1 fully saturated rings. The minimum atomic E-state index is -0.352. The molecule has 1 unspecified atom stereocenters. The van der Waals surface area contributed by atoms with Gasteiger partial charge in [-0.05, 0) is 64.5 Å². The van der Waals surface area contributed by atoms with Crippen LogP contribution in [0, 0.1) is 5.21 Å². The zero-order chi connectivity index (χ0) is 24.4. The van der Waals surface area contributed by atoms with E-state index in [1.165, 1.54) is 0 Å². The number of hydrogen-bond donors (Lipinski definition) is 2. The lowest BCUT2D eigenvalue weighted by Gasteiger charge is -2.38. The third-order valence-electron chi connectivity index (χ3n) is 6.78. The molecule has 0 spiro atoms. The number of nitrogens with one attached hydrogen (secondary N) is 2. The zero-order valence-electron chi connectivity index (χ0n) is 19.3. The number of aromatic nitrogens is 3. The molecule has 1 saturated heterocycles. The molecular formula is C25H28BrClN6O2. The van der Waals surface area contributed by atoms with Gasteiger partial charge in [0.05, 0.1) is 16.8 Å². The van der Waals surface area contributed by atoms with E-state index in [0.717, 1.165) is 63.9 Å². The third-order valence-corrected chi connectivity index (χ3v) is 7.45. The summed E-state index contributed by atoms with van der Waals surface area (Å²) in [6, 6.07) is 7.37. The van der Waals surface area contributed by atoms with Crippen LogP contribution in [0.5, 0.6) is 0 Å². The van der Waals surface area contributed by atoms with Crippen molar-refractivity contribution in [2.24, 2.45) is 0 Å².